The number of hydrogen-bond donors (Lipinski definition) is 1. The second-order valence-electron chi connectivity index (χ2n) is 9.27. The SMILES string of the molecule is CC(C)(C)c1cc(C(C)(C)C)cc(S(=O)(=O)Nc2cnc3ccccc3c2)c1. The fraction of sp³-hybridized carbons (Fsp3) is 0.348. The van der Waals surface area contributed by atoms with Crippen LogP contribution in [0.25, 0.3) is 10.9 Å². The molecule has 0 aliphatic heterocycles. The van der Waals surface area contributed by atoms with Crippen LogP contribution < -0.4 is 4.72 Å². The fourth-order valence-electron chi connectivity index (χ4n) is 2.96. The molecule has 4 nitrogen and oxygen atoms in total. The molecule has 28 heavy (non-hydrogen) atoms. The zero-order chi connectivity index (χ0) is 20.7. The predicted octanol–water partition coefficient (Wildman–Crippen LogP) is 5.63. The van der Waals surface area contributed by atoms with E-state index in [-0.39, 0.29) is 15.7 Å². The van der Waals surface area contributed by atoms with Crippen molar-refractivity contribution in [1.82, 2.24) is 4.98 Å². The average molecular weight is 397 g/mol. The maximum Gasteiger partial charge on any atom is 0.261 e. The summed E-state index contributed by atoms with van der Waals surface area (Å²) in [5, 5.41) is 0.890. The van der Waals surface area contributed by atoms with Gasteiger partial charge in [0.1, 0.15) is 0 Å². The lowest BCUT2D eigenvalue weighted by atomic mass is 9.81. The molecule has 1 aromatic heterocycles. The van der Waals surface area contributed by atoms with Gasteiger partial charge in [0.25, 0.3) is 10.0 Å². The molecule has 1 heterocycles. The van der Waals surface area contributed by atoms with Crippen LogP contribution in [0.1, 0.15) is 52.7 Å². The first kappa shape index (κ1) is 20.3. The van der Waals surface area contributed by atoms with Gasteiger partial charge in [-0.1, -0.05) is 65.8 Å². The molecule has 0 aliphatic carbocycles. The van der Waals surface area contributed by atoms with E-state index in [2.05, 4.69) is 57.3 Å². The number of sulfonamides is 1. The van der Waals surface area contributed by atoms with Gasteiger partial charge in [0.15, 0.2) is 0 Å². The van der Waals surface area contributed by atoms with E-state index in [0.29, 0.717) is 5.69 Å². The van der Waals surface area contributed by atoms with Crippen molar-refractivity contribution in [3.63, 3.8) is 0 Å². The minimum absolute atomic E-state index is 0.157. The van der Waals surface area contributed by atoms with Gasteiger partial charge in [-0.05, 0) is 46.2 Å². The molecule has 0 saturated heterocycles. The first-order valence-corrected chi connectivity index (χ1v) is 10.9. The van der Waals surface area contributed by atoms with Crippen molar-refractivity contribution >= 4 is 26.6 Å². The van der Waals surface area contributed by atoms with Crippen LogP contribution in [0.3, 0.4) is 0 Å². The summed E-state index contributed by atoms with van der Waals surface area (Å²) < 4.78 is 29.0. The van der Waals surface area contributed by atoms with Crippen molar-refractivity contribution in [2.24, 2.45) is 0 Å². The zero-order valence-corrected chi connectivity index (χ0v) is 18.2. The Morgan fingerprint density at radius 3 is 1.96 bits per heavy atom. The number of pyridine rings is 1. The Kier molecular flexibility index (Phi) is 5.00. The van der Waals surface area contributed by atoms with Crippen molar-refractivity contribution < 1.29 is 8.42 Å². The molecule has 0 aliphatic rings. The average Bonchev–Trinajstić information content (AvgIpc) is 2.59. The Hall–Kier alpha value is -2.40. The molecule has 0 unspecified atom stereocenters. The third kappa shape index (κ3) is 4.36. The molecule has 5 heteroatoms. The molecule has 0 radical (unpaired) electrons. The quantitative estimate of drug-likeness (QED) is 0.624. The summed E-state index contributed by atoms with van der Waals surface area (Å²) in [5.41, 5.74) is 2.97. The molecule has 3 aromatic rings. The van der Waals surface area contributed by atoms with Crippen molar-refractivity contribution in [2.45, 2.75) is 57.3 Å². The van der Waals surface area contributed by atoms with Gasteiger partial charge in [-0.2, -0.15) is 0 Å². The Morgan fingerprint density at radius 1 is 0.821 bits per heavy atom. The lowest BCUT2D eigenvalue weighted by Gasteiger charge is -2.26. The van der Waals surface area contributed by atoms with Crippen molar-refractivity contribution in [3.05, 3.63) is 65.9 Å². The molecular formula is C23H28N2O2S. The Labute approximate surface area is 168 Å². The molecule has 2 aromatic carbocycles. The number of nitrogens with zero attached hydrogens (tertiary/aromatic N) is 1. The largest absolute Gasteiger partial charge is 0.278 e. The van der Waals surface area contributed by atoms with E-state index in [0.717, 1.165) is 22.0 Å². The Balaban J connectivity index is 2.06. The fourth-order valence-corrected chi connectivity index (χ4v) is 4.07. The molecule has 3 rings (SSSR count). The van der Waals surface area contributed by atoms with Crippen molar-refractivity contribution in [1.29, 1.82) is 0 Å². The second-order valence-corrected chi connectivity index (χ2v) is 11.0. The minimum Gasteiger partial charge on any atom is -0.278 e. The van der Waals surface area contributed by atoms with Crippen LogP contribution in [0, 0.1) is 0 Å². The van der Waals surface area contributed by atoms with Gasteiger partial charge in [0.2, 0.25) is 0 Å². The van der Waals surface area contributed by atoms with E-state index in [1.807, 2.05) is 24.3 Å². The Bertz CT molecular complexity index is 1090. The van der Waals surface area contributed by atoms with Crippen LogP contribution in [0.5, 0.6) is 0 Å². The summed E-state index contributed by atoms with van der Waals surface area (Å²) in [6, 6.07) is 15.1. The van der Waals surface area contributed by atoms with Crippen LogP contribution in [0.15, 0.2) is 59.6 Å². The molecule has 0 saturated carbocycles. The van der Waals surface area contributed by atoms with E-state index in [4.69, 9.17) is 0 Å². The first-order chi connectivity index (χ1) is 12.9. The number of para-hydroxylation sites is 1. The molecular weight excluding hydrogens is 368 g/mol. The third-order valence-electron chi connectivity index (χ3n) is 4.79. The van der Waals surface area contributed by atoms with E-state index < -0.39 is 10.0 Å². The summed E-state index contributed by atoms with van der Waals surface area (Å²) in [6.45, 7) is 12.5. The van der Waals surface area contributed by atoms with E-state index in [1.165, 1.54) is 0 Å². The molecule has 0 atom stereocenters. The number of nitrogens with one attached hydrogen (secondary N) is 1. The van der Waals surface area contributed by atoms with Crippen molar-refractivity contribution in [3.8, 4) is 0 Å². The summed E-state index contributed by atoms with van der Waals surface area (Å²) >= 11 is 0. The van der Waals surface area contributed by atoms with Crippen LogP contribution in [0.4, 0.5) is 5.69 Å². The smallest absolute Gasteiger partial charge is 0.261 e. The van der Waals surface area contributed by atoms with E-state index in [9.17, 15) is 8.42 Å². The lowest BCUT2D eigenvalue weighted by Crippen LogP contribution is -2.20. The van der Waals surface area contributed by atoms with Gasteiger partial charge in [0, 0.05) is 5.39 Å². The molecule has 1 N–H and O–H groups in total. The molecule has 148 valence electrons. The van der Waals surface area contributed by atoms with Crippen LogP contribution in [-0.2, 0) is 20.9 Å². The van der Waals surface area contributed by atoms with Crippen molar-refractivity contribution in [2.75, 3.05) is 4.72 Å². The number of anilines is 1. The topological polar surface area (TPSA) is 59.1 Å². The van der Waals surface area contributed by atoms with Crippen LogP contribution in [-0.4, -0.2) is 13.4 Å². The van der Waals surface area contributed by atoms with Gasteiger partial charge in [0.05, 0.1) is 22.3 Å². The number of aromatic nitrogens is 1. The highest BCUT2D eigenvalue weighted by molar-refractivity contribution is 7.92. The van der Waals surface area contributed by atoms with Gasteiger partial charge >= 0.3 is 0 Å². The summed E-state index contributed by atoms with van der Waals surface area (Å²) in [4.78, 5) is 4.62. The van der Waals surface area contributed by atoms with Crippen LogP contribution in [0.2, 0.25) is 0 Å². The summed E-state index contributed by atoms with van der Waals surface area (Å²) in [6.07, 6.45) is 1.55. The molecule has 0 fully saturated rings. The summed E-state index contributed by atoms with van der Waals surface area (Å²) in [5.74, 6) is 0. The van der Waals surface area contributed by atoms with Gasteiger partial charge in [-0.25, -0.2) is 8.42 Å². The van der Waals surface area contributed by atoms with Crippen LogP contribution >= 0.6 is 0 Å². The standard InChI is InChI=1S/C23H28N2O2S/c1-22(2,3)17-12-18(23(4,5)6)14-20(13-17)28(26,27)25-19-11-16-9-7-8-10-21(16)24-15-19/h7-15,25H,1-6H3. The highest BCUT2D eigenvalue weighted by Crippen LogP contribution is 2.32. The highest BCUT2D eigenvalue weighted by Gasteiger charge is 2.24. The first-order valence-electron chi connectivity index (χ1n) is 9.40. The number of hydrogen-bond acceptors (Lipinski definition) is 3. The van der Waals surface area contributed by atoms with Gasteiger partial charge in [-0.15, -0.1) is 0 Å². The predicted molar refractivity (Wildman–Crippen MR) is 116 cm³/mol. The van der Waals surface area contributed by atoms with E-state index in [1.54, 1.807) is 24.4 Å². The second kappa shape index (κ2) is 6.89. The molecule has 0 amide bonds. The Morgan fingerprint density at radius 2 is 1.39 bits per heavy atom. The highest BCUT2D eigenvalue weighted by atomic mass is 32.2. The minimum atomic E-state index is -3.74. The monoisotopic (exact) mass is 396 g/mol. The zero-order valence-electron chi connectivity index (χ0n) is 17.4. The number of fused-ring (bicyclic) bond motifs is 1. The normalized spacial score (nSPS) is 12.9. The lowest BCUT2D eigenvalue weighted by molar-refractivity contribution is 0.563. The molecule has 0 bridgehead atoms. The number of rotatable bonds is 3. The maximum absolute atomic E-state index is 13.2. The van der Waals surface area contributed by atoms with Gasteiger partial charge < -0.3 is 0 Å². The van der Waals surface area contributed by atoms with Gasteiger partial charge in [-0.3, -0.25) is 9.71 Å². The summed E-state index contributed by atoms with van der Waals surface area (Å²) in [7, 11) is -3.74. The third-order valence-corrected chi connectivity index (χ3v) is 6.15. The number of benzene rings is 2. The maximum atomic E-state index is 13.2. The molecule has 0 spiro atoms. The van der Waals surface area contributed by atoms with E-state index >= 15 is 0 Å².